The molecule has 1 aliphatic rings. The second-order valence-corrected chi connectivity index (χ2v) is 10.2. The summed E-state index contributed by atoms with van der Waals surface area (Å²) in [5.74, 6) is -0.387. The summed E-state index contributed by atoms with van der Waals surface area (Å²) < 4.78 is 35.0. The third-order valence-corrected chi connectivity index (χ3v) is 7.90. The SMILES string of the molecule is [C-]#[N+]C1CC(n2nc(CC(=O)O)c3ccc(C)cc32)CCN1S(=O)(=O)c1ccc(OCC)cc1. The highest BCUT2D eigenvalue weighted by atomic mass is 32.2. The molecule has 2 atom stereocenters. The molecule has 0 amide bonds. The first-order chi connectivity index (χ1) is 16.2. The van der Waals surface area contributed by atoms with E-state index in [1.165, 1.54) is 16.4 Å². The standard InChI is InChI=1S/C24H26N4O5S/c1-4-33-18-6-8-19(9-7-18)34(31,32)27-12-11-17(14-23(27)25-3)28-22-13-16(2)5-10-20(22)21(26-28)15-24(29)30/h5-10,13,17,23H,4,11-12,14-15H2,1-2H3,(H,29,30). The zero-order valence-electron chi connectivity index (χ0n) is 19.0. The van der Waals surface area contributed by atoms with Crippen LogP contribution in [0.2, 0.25) is 0 Å². The molecule has 3 aromatic rings. The Labute approximate surface area is 198 Å². The third kappa shape index (κ3) is 4.49. The van der Waals surface area contributed by atoms with Crippen molar-refractivity contribution in [2.24, 2.45) is 0 Å². The number of fused-ring (bicyclic) bond motifs is 1. The Morgan fingerprint density at radius 2 is 2.00 bits per heavy atom. The summed E-state index contributed by atoms with van der Waals surface area (Å²) in [5.41, 5.74) is 2.27. The number of carbonyl (C=O) groups is 1. The molecule has 0 radical (unpaired) electrons. The van der Waals surface area contributed by atoms with Gasteiger partial charge in [0, 0.05) is 11.9 Å². The van der Waals surface area contributed by atoms with Gasteiger partial charge >= 0.3 is 5.97 Å². The van der Waals surface area contributed by atoms with Gasteiger partial charge in [0.1, 0.15) is 5.75 Å². The number of piperidine rings is 1. The highest BCUT2D eigenvalue weighted by Gasteiger charge is 2.42. The number of hydrogen-bond acceptors (Lipinski definition) is 5. The molecule has 2 unspecified atom stereocenters. The third-order valence-electron chi connectivity index (χ3n) is 5.99. The van der Waals surface area contributed by atoms with Crippen LogP contribution in [-0.2, 0) is 21.2 Å². The predicted molar refractivity (Wildman–Crippen MR) is 126 cm³/mol. The van der Waals surface area contributed by atoms with E-state index in [0.29, 0.717) is 24.5 Å². The Morgan fingerprint density at radius 1 is 1.26 bits per heavy atom. The molecule has 1 aromatic heterocycles. The van der Waals surface area contributed by atoms with Gasteiger partial charge < -0.3 is 9.84 Å². The molecule has 0 saturated carbocycles. The second kappa shape index (κ2) is 9.44. The highest BCUT2D eigenvalue weighted by molar-refractivity contribution is 7.89. The van der Waals surface area contributed by atoms with Gasteiger partial charge in [-0.15, -0.1) is 4.31 Å². The molecule has 0 spiro atoms. The lowest BCUT2D eigenvalue weighted by Crippen LogP contribution is -2.45. The number of hydrogen-bond donors (Lipinski definition) is 1. The average molecular weight is 483 g/mol. The van der Waals surface area contributed by atoms with Crippen LogP contribution in [0.25, 0.3) is 15.7 Å². The van der Waals surface area contributed by atoms with E-state index in [1.807, 2.05) is 32.0 Å². The van der Waals surface area contributed by atoms with Gasteiger partial charge in [-0.2, -0.15) is 5.10 Å². The quantitative estimate of drug-likeness (QED) is 0.516. The summed E-state index contributed by atoms with van der Waals surface area (Å²) in [4.78, 5) is 15.1. The van der Waals surface area contributed by atoms with Crippen molar-refractivity contribution in [2.75, 3.05) is 13.2 Å². The summed E-state index contributed by atoms with van der Waals surface area (Å²) >= 11 is 0. The van der Waals surface area contributed by atoms with Crippen LogP contribution in [0, 0.1) is 13.5 Å². The number of aromatic nitrogens is 2. The van der Waals surface area contributed by atoms with Crippen molar-refractivity contribution in [3.63, 3.8) is 0 Å². The van der Waals surface area contributed by atoms with E-state index in [2.05, 4.69) is 9.94 Å². The van der Waals surface area contributed by atoms with E-state index in [9.17, 15) is 18.3 Å². The number of benzene rings is 2. The number of sulfonamides is 1. The van der Waals surface area contributed by atoms with E-state index in [-0.39, 0.29) is 30.3 Å². The van der Waals surface area contributed by atoms with Crippen LogP contribution in [0.1, 0.15) is 37.1 Å². The fraction of sp³-hybridized carbons (Fsp3) is 0.375. The zero-order valence-corrected chi connectivity index (χ0v) is 19.8. The molecule has 10 heteroatoms. The molecule has 1 fully saturated rings. The Kier molecular flexibility index (Phi) is 6.59. The monoisotopic (exact) mass is 482 g/mol. The Balaban J connectivity index is 1.63. The van der Waals surface area contributed by atoms with Crippen molar-refractivity contribution in [2.45, 2.75) is 50.2 Å². The van der Waals surface area contributed by atoms with Crippen LogP contribution in [-0.4, -0.2) is 52.9 Å². The molecular formula is C24H26N4O5S. The molecule has 2 aromatic carbocycles. The van der Waals surface area contributed by atoms with Crippen LogP contribution in [0.15, 0.2) is 47.4 Å². The zero-order chi connectivity index (χ0) is 24.5. The fourth-order valence-electron chi connectivity index (χ4n) is 4.40. The van der Waals surface area contributed by atoms with E-state index in [1.54, 1.807) is 16.8 Å². The van der Waals surface area contributed by atoms with Gasteiger partial charge in [0.15, 0.2) is 0 Å². The maximum Gasteiger partial charge on any atom is 0.309 e. The number of ether oxygens (including phenoxy) is 1. The molecule has 1 aliphatic heterocycles. The van der Waals surface area contributed by atoms with E-state index in [0.717, 1.165) is 16.5 Å². The van der Waals surface area contributed by atoms with Crippen LogP contribution < -0.4 is 4.74 Å². The molecule has 34 heavy (non-hydrogen) atoms. The van der Waals surface area contributed by atoms with Gasteiger partial charge in [-0.25, -0.2) is 15.0 Å². The van der Waals surface area contributed by atoms with E-state index in [4.69, 9.17) is 11.3 Å². The largest absolute Gasteiger partial charge is 0.494 e. The van der Waals surface area contributed by atoms with Gasteiger partial charge in [-0.3, -0.25) is 14.3 Å². The van der Waals surface area contributed by atoms with Crippen LogP contribution in [0.4, 0.5) is 0 Å². The summed E-state index contributed by atoms with van der Waals surface area (Å²) in [6.45, 7) is 12.1. The fourth-order valence-corrected chi connectivity index (χ4v) is 5.95. The molecule has 178 valence electrons. The first kappa shape index (κ1) is 23.7. The lowest BCUT2D eigenvalue weighted by atomic mass is 10.0. The maximum atomic E-state index is 13.3. The lowest BCUT2D eigenvalue weighted by molar-refractivity contribution is -0.136. The molecule has 4 rings (SSSR count). The van der Waals surface area contributed by atoms with Crippen molar-refractivity contribution >= 4 is 26.9 Å². The maximum absolute atomic E-state index is 13.3. The van der Waals surface area contributed by atoms with Gasteiger partial charge in [-0.1, -0.05) is 12.1 Å². The smallest absolute Gasteiger partial charge is 0.309 e. The number of rotatable bonds is 7. The summed E-state index contributed by atoms with van der Waals surface area (Å²) in [5, 5.41) is 14.6. The molecule has 1 saturated heterocycles. The summed E-state index contributed by atoms with van der Waals surface area (Å²) in [7, 11) is -3.86. The first-order valence-electron chi connectivity index (χ1n) is 11.1. The highest BCUT2D eigenvalue weighted by Crippen LogP contribution is 2.35. The number of carboxylic acid groups (broad SMARTS) is 1. The minimum absolute atomic E-state index is 0.118. The predicted octanol–water partition coefficient (Wildman–Crippen LogP) is 3.64. The number of aryl methyl sites for hydroxylation is 1. The van der Waals surface area contributed by atoms with Crippen LogP contribution in [0.5, 0.6) is 5.75 Å². The molecule has 2 heterocycles. The molecular weight excluding hydrogens is 456 g/mol. The summed E-state index contributed by atoms with van der Waals surface area (Å²) in [6, 6.07) is 11.7. The first-order valence-corrected chi connectivity index (χ1v) is 12.5. The van der Waals surface area contributed by atoms with Crippen molar-refractivity contribution in [3.8, 4) is 5.75 Å². The average Bonchev–Trinajstić information content (AvgIpc) is 3.15. The minimum Gasteiger partial charge on any atom is -0.494 e. The van der Waals surface area contributed by atoms with Crippen LogP contribution in [0.3, 0.4) is 0 Å². The Hall–Kier alpha value is -3.42. The molecule has 0 bridgehead atoms. The molecule has 0 aliphatic carbocycles. The normalized spacial score (nSPS) is 19.1. The Bertz CT molecular complexity index is 1360. The number of nitrogens with zero attached hydrogens (tertiary/aromatic N) is 4. The van der Waals surface area contributed by atoms with Gasteiger partial charge in [0.05, 0.1) is 41.6 Å². The minimum atomic E-state index is -3.86. The van der Waals surface area contributed by atoms with E-state index < -0.39 is 22.2 Å². The van der Waals surface area contributed by atoms with E-state index >= 15 is 0 Å². The van der Waals surface area contributed by atoms with Gasteiger partial charge in [-0.05, 0) is 56.2 Å². The van der Waals surface area contributed by atoms with Crippen molar-refractivity contribution in [1.82, 2.24) is 14.1 Å². The van der Waals surface area contributed by atoms with Gasteiger partial charge in [0.2, 0.25) is 10.0 Å². The van der Waals surface area contributed by atoms with Crippen molar-refractivity contribution in [1.29, 1.82) is 0 Å². The van der Waals surface area contributed by atoms with Crippen LogP contribution >= 0.6 is 0 Å². The van der Waals surface area contributed by atoms with Crippen molar-refractivity contribution in [3.05, 3.63) is 65.1 Å². The number of carboxylic acids is 1. The summed E-state index contributed by atoms with van der Waals surface area (Å²) in [6.07, 6.45) is -0.373. The van der Waals surface area contributed by atoms with Gasteiger partial charge in [0.25, 0.3) is 6.17 Å². The molecule has 1 N–H and O–H groups in total. The second-order valence-electron chi connectivity index (χ2n) is 8.29. The number of aliphatic carboxylic acids is 1. The topological polar surface area (TPSA) is 106 Å². The molecule has 9 nitrogen and oxygen atoms in total. The lowest BCUT2D eigenvalue weighted by Gasteiger charge is -2.32. The Morgan fingerprint density at radius 3 is 2.65 bits per heavy atom. The van der Waals surface area contributed by atoms with Crippen molar-refractivity contribution < 1.29 is 23.1 Å².